The molecule has 0 N–H and O–H groups in total. The molecular formula is C32H28Br4O4S4. The predicted octanol–water partition coefficient (Wildman–Crippen LogP) is 13.2. The highest BCUT2D eigenvalue weighted by Crippen LogP contribution is 2.55. The summed E-state index contributed by atoms with van der Waals surface area (Å²) < 4.78 is 29.3. The summed E-state index contributed by atoms with van der Waals surface area (Å²) in [7, 11) is 0. The van der Waals surface area contributed by atoms with Crippen molar-refractivity contribution in [1.82, 2.24) is 0 Å². The number of rotatable bonds is 8. The van der Waals surface area contributed by atoms with E-state index in [0.717, 1.165) is 80.1 Å². The van der Waals surface area contributed by atoms with Crippen molar-refractivity contribution in [3.05, 3.63) is 66.4 Å². The van der Waals surface area contributed by atoms with Crippen LogP contribution < -0.4 is 18.9 Å². The van der Waals surface area contributed by atoms with Gasteiger partial charge in [-0.3, -0.25) is 0 Å². The normalized spacial score (nSPS) is 12.5. The van der Waals surface area contributed by atoms with Crippen molar-refractivity contribution in [2.75, 3.05) is 26.4 Å². The Kier molecular flexibility index (Phi) is 12.6. The first kappa shape index (κ1) is 34.7. The van der Waals surface area contributed by atoms with Gasteiger partial charge in [0, 0.05) is 17.9 Å². The Bertz CT molecular complexity index is 1350. The third kappa shape index (κ3) is 8.09. The van der Waals surface area contributed by atoms with Gasteiger partial charge < -0.3 is 18.9 Å². The number of ether oxygens (including phenoxy) is 4. The lowest BCUT2D eigenvalue weighted by atomic mass is 10.3. The fourth-order valence-corrected chi connectivity index (χ4v) is 12.2. The summed E-state index contributed by atoms with van der Waals surface area (Å²) in [5.74, 6) is 3.27. The first-order valence-electron chi connectivity index (χ1n) is 13.8. The zero-order valence-electron chi connectivity index (χ0n) is 24.2. The van der Waals surface area contributed by atoms with Crippen molar-refractivity contribution in [3.63, 3.8) is 0 Å². The molecule has 0 unspecified atom stereocenters. The van der Waals surface area contributed by atoms with Gasteiger partial charge in [0.25, 0.3) is 0 Å². The molecule has 4 aromatic rings. The smallest absolute Gasteiger partial charge is 0.147 e. The third-order valence-electron chi connectivity index (χ3n) is 5.98. The Labute approximate surface area is 309 Å². The largest absolute Gasteiger partial charge is 0.491 e. The zero-order chi connectivity index (χ0) is 31.4. The molecule has 0 amide bonds. The SMILES string of the molecule is CCOc1c2cc(Br)cc1Sc1cc(Br)cc(c1OCC)Sc1cc(Br)cc(c1OCC)Sc1cc(Br)cc(c1OCC)S2. The quantitative estimate of drug-likeness (QED) is 0.152. The van der Waals surface area contributed by atoms with E-state index in [1.54, 1.807) is 47.0 Å². The fraction of sp³-hybridized carbons (Fsp3) is 0.250. The van der Waals surface area contributed by atoms with Gasteiger partial charge >= 0.3 is 0 Å². The maximum absolute atomic E-state index is 6.36. The standard InChI is InChI=1S/C32H28Br4O4S4/c1-5-37-29-21-9-17(33)10-22(29)42-24-12-19(35)14-26(31(24)39-7-3)44-28-16-20(36)15-27(32(28)40-8-4)43-25-13-18(34)11-23(41-21)30(25)38-6-2/h9-16H,5-8H2,1-4H3. The van der Waals surface area contributed by atoms with E-state index >= 15 is 0 Å². The number of fused-ring (bicyclic) bond motifs is 8. The minimum Gasteiger partial charge on any atom is -0.491 e. The van der Waals surface area contributed by atoms with Gasteiger partial charge in [-0.1, -0.05) is 111 Å². The molecule has 1 heterocycles. The van der Waals surface area contributed by atoms with E-state index < -0.39 is 0 Å². The van der Waals surface area contributed by atoms with Gasteiger partial charge in [0.15, 0.2) is 0 Å². The molecular weight excluding hydrogens is 896 g/mol. The summed E-state index contributed by atoms with van der Waals surface area (Å²) in [4.78, 5) is 7.84. The summed E-state index contributed by atoms with van der Waals surface area (Å²) in [6, 6.07) is 16.8. The Morgan fingerprint density at radius 2 is 0.523 bits per heavy atom. The summed E-state index contributed by atoms with van der Waals surface area (Å²) >= 11 is 21.6. The van der Waals surface area contributed by atoms with Crippen molar-refractivity contribution in [2.45, 2.75) is 66.9 Å². The number of hydrogen-bond acceptors (Lipinski definition) is 8. The van der Waals surface area contributed by atoms with Crippen LogP contribution in [0.4, 0.5) is 0 Å². The lowest BCUT2D eigenvalue weighted by molar-refractivity contribution is 0.320. The van der Waals surface area contributed by atoms with Crippen molar-refractivity contribution in [3.8, 4) is 23.0 Å². The van der Waals surface area contributed by atoms with E-state index in [0.29, 0.717) is 26.4 Å². The molecule has 0 saturated heterocycles. The van der Waals surface area contributed by atoms with Gasteiger partial charge in [-0.15, -0.1) is 0 Å². The molecule has 4 nitrogen and oxygen atoms in total. The molecule has 8 bridgehead atoms. The first-order chi connectivity index (χ1) is 21.2. The molecule has 0 aromatic heterocycles. The number of benzene rings is 4. The molecule has 0 fully saturated rings. The molecule has 12 heteroatoms. The van der Waals surface area contributed by atoms with Gasteiger partial charge in [0.2, 0.25) is 0 Å². The van der Waals surface area contributed by atoms with E-state index in [2.05, 4.69) is 112 Å². The van der Waals surface area contributed by atoms with E-state index in [-0.39, 0.29) is 0 Å². The summed E-state index contributed by atoms with van der Waals surface area (Å²) in [6.07, 6.45) is 0. The molecule has 1 aliphatic rings. The summed E-state index contributed by atoms with van der Waals surface area (Å²) in [5.41, 5.74) is 0. The Morgan fingerprint density at radius 1 is 0.364 bits per heavy atom. The molecule has 0 spiro atoms. The van der Waals surface area contributed by atoms with Crippen LogP contribution in [0, 0.1) is 0 Å². The molecule has 232 valence electrons. The van der Waals surface area contributed by atoms with Crippen LogP contribution in [-0.2, 0) is 0 Å². The van der Waals surface area contributed by atoms with Crippen LogP contribution >= 0.6 is 111 Å². The van der Waals surface area contributed by atoms with Crippen molar-refractivity contribution in [1.29, 1.82) is 0 Å². The first-order valence-corrected chi connectivity index (χ1v) is 20.2. The van der Waals surface area contributed by atoms with Crippen molar-refractivity contribution in [2.24, 2.45) is 0 Å². The second kappa shape index (κ2) is 16.0. The molecule has 0 radical (unpaired) electrons. The van der Waals surface area contributed by atoms with Crippen LogP contribution in [0.15, 0.2) is 106 Å². The second-order valence-electron chi connectivity index (χ2n) is 9.07. The Balaban J connectivity index is 1.85. The second-order valence-corrected chi connectivity index (χ2v) is 17.1. The zero-order valence-corrected chi connectivity index (χ0v) is 33.8. The topological polar surface area (TPSA) is 36.9 Å². The van der Waals surface area contributed by atoms with Crippen LogP contribution in [0.2, 0.25) is 0 Å². The summed E-state index contributed by atoms with van der Waals surface area (Å²) in [6.45, 7) is 10.2. The number of halogens is 4. The van der Waals surface area contributed by atoms with Crippen molar-refractivity contribution >= 4 is 111 Å². The molecule has 1 aliphatic heterocycles. The Morgan fingerprint density at radius 3 is 0.659 bits per heavy atom. The lowest BCUT2D eigenvalue weighted by Crippen LogP contribution is -2.01. The average Bonchev–Trinajstić information content (AvgIpc) is 2.95. The molecule has 0 atom stereocenters. The molecule has 44 heavy (non-hydrogen) atoms. The maximum Gasteiger partial charge on any atom is 0.147 e. The third-order valence-corrected chi connectivity index (χ3v) is 12.0. The van der Waals surface area contributed by atoms with Crippen molar-refractivity contribution < 1.29 is 18.9 Å². The highest BCUT2D eigenvalue weighted by atomic mass is 79.9. The van der Waals surface area contributed by atoms with Crippen LogP contribution in [0.25, 0.3) is 0 Å². The highest BCUT2D eigenvalue weighted by molar-refractivity contribution is 9.11. The monoisotopic (exact) mass is 920 g/mol. The van der Waals surface area contributed by atoms with Gasteiger partial charge in [0.05, 0.1) is 65.6 Å². The van der Waals surface area contributed by atoms with Crippen LogP contribution in [-0.4, -0.2) is 26.4 Å². The molecule has 5 rings (SSSR count). The lowest BCUT2D eigenvalue weighted by Gasteiger charge is -2.22. The highest BCUT2D eigenvalue weighted by Gasteiger charge is 2.25. The van der Waals surface area contributed by atoms with Gasteiger partial charge in [-0.25, -0.2) is 0 Å². The minimum atomic E-state index is 0.530. The molecule has 0 saturated carbocycles. The fourth-order valence-electron chi connectivity index (χ4n) is 4.41. The summed E-state index contributed by atoms with van der Waals surface area (Å²) in [5, 5.41) is 0. The predicted molar refractivity (Wildman–Crippen MR) is 198 cm³/mol. The van der Waals surface area contributed by atoms with E-state index in [4.69, 9.17) is 18.9 Å². The Hall–Kier alpha value is -0.600. The van der Waals surface area contributed by atoms with Gasteiger partial charge in [-0.05, 0) is 76.2 Å². The average molecular weight is 924 g/mol. The number of hydrogen-bond donors (Lipinski definition) is 0. The molecule has 4 aromatic carbocycles. The van der Waals surface area contributed by atoms with E-state index in [1.165, 1.54) is 0 Å². The van der Waals surface area contributed by atoms with Crippen LogP contribution in [0.5, 0.6) is 23.0 Å². The molecule has 0 aliphatic carbocycles. The minimum absolute atomic E-state index is 0.530. The van der Waals surface area contributed by atoms with E-state index in [9.17, 15) is 0 Å². The maximum atomic E-state index is 6.36. The van der Waals surface area contributed by atoms with Crippen LogP contribution in [0.1, 0.15) is 27.7 Å². The van der Waals surface area contributed by atoms with E-state index in [1.807, 2.05) is 27.7 Å². The van der Waals surface area contributed by atoms with Crippen LogP contribution in [0.3, 0.4) is 0 Å². The van der Waals surface area contributed by atoms with Gasteiger partial charge in [0.1, 0.15) is 23.0 Å². The van der Waals surface area contributed by atoms with Gasteiger partial charge in [-0.2, -0.15) is 0 Å².